The van der Waals surface area contributed by atoms with Crippen LogP contribution in [0.15, 0.2) is 24.3 Å². The summed E-state index contributed by atoms with van der Waals surface area (Å²) in [4.78, 5) is 11.6. The first kappa shape index (κ1) is 14.7. The van der Waals surface area contributed by atoms with Crippen molar-refractivity contribution < 1.29 is 4.79 Å². The Morgan fingerprint density at radius 1 is 1.22 bits per heavy atom. The Morgan fingerprint density at radius 2 is 1.78 bits per heavy atom. The lowest BCUT2D eigenvalue weighted by Crippen LogP contribution is -2.38. The van der Waals surface area contributed by atoms with Crippen molar-refractivity contribution in [3.05, 3.63) is 35.4 Å². The molecule has 0 aliphatic carbocycles. The van der Waals surface area contributed by atoms with Crippen LogP contribution in [-0.4, -0.2) is 11.4 Å². The Hall–Kier alpha value is -1.35. The maximum Gasteiger partial charge on any atom is 0.222 e. The molecule has 0 saturated carbocycles. The van der Waals surface area contributed by atoms with Gasteiger partial charge < -0.3 is 11.1 Å². The van der Waals surface area contributed by atoms with Crippen LogP contribution in [-0.2, 0) is 17.8 Å². The van der Waals surface area contributed by atoms with Crippen molar-refractivity contribution in [2.45, 2.75) is 52.1 Å². The topological polar surface area (TPSA) is 55.1 Å². The molecule has 1 aromatic carbocycles. The molecule has 0 unspecified atom stereocenters. The number of rotatable bonds is 6. The Bertz CT molecular complexity index is 376. The van der Waals surface area contributed by atoms with Gasteiger partial charge in [0.25, 0.3) is 0 Å². The minimum Gasteiger partial charge on any atom is -0.352 e. The molecular formula is C15H24N2O. The van der Waals surface area contributed by atoms with Crippen molar-refractivity contribution in [3.63, 3.8) is 0 Å². The molecule has 100 valence electrons. The van der Waals surface area contributed by atoms with Crippen LogP contribution < -0.4 is 11.1 Å². The third-order valence-corrected chi connectivity index (χ3v) is 2.67. The van der Waals surface area contributed by atoms with E-state index in [9.17, 15) is 4.79 Å². The lowest BCUT2D eigenvalue weighted by molar-refractivity contribution is -0.122. The summed E-state index contributed by atoms with van der Waals surface area (Å²) in [6.07, 6.45) is 2.61. The number of aryl methyl sites for hydroxylation is 1. The van der Waals surface area contributed by atoms with E-state index in [1.807, 2.05) is 13.8 Å². The number of hydrogen-bond acceptors (Lipinski definition) is 2. The van der Waals surface area contributed by atoms with Crippen LogP contribution >= 0.6 is 0 Å². The Kier molecular flexibility index (Phi) is 5.35. The van der Waals surface area contributed by atoms with E-state index in [0.717, 1.165) is 18.4 Å². The van der Waals surface area contributed by atoms with Gasteiger partial charge in [-0.3, -0.25) is 4.79 Å². The zero-order valence-electron chi connectivity index (χ0n) is 11.6. The molecule has 0 aliphatic heterocycles. The van der Waals surface area contributed by atoms with E-state index < -0.39 is 5.54 Å². The zero-order chi connectivity index (χ0) is 13.6. The Balaban J connectivity index is 2.41. The largest absolute Gasteiger partial charge is 0.352 e. The van der Waals surface area contributed by atoms with E-state index in [1.54, 1.807) is 0 Å². The monoisotopic (exact) mass is 248 g/mol. The zero-order valence-corrected chi connectivity index (χ0v) is 11.6. The molecule has 0 aromatic heterocycles. The molecule has 0 radical (unpaired) electrons. The normalized spacial score (nSPS) is 11.3. The summed E-state index contributed by atoms with van der Waals surface area (Å²) in [5, 5.41) is 2.89. The highest BCUT2D eigenvalue weighted by atomic mass is 16.1. The van der Waals surface area contributed by atoms with E-state index in [2.05, 4.69) is 36.5 Å². The van der Waals surface area contributed by atoms with Gasteiger partial charge in [0.1, 0.15) is 0 Å². The second kappa shape index (κ2) is 6.55. The second-order valence-electron chi connectivity index (χ2n) is 5.51. The summed E-state index contributed by atoms with van der Waals surface area (Å²) < 4.78 is 0. The van der Waals surface area contributed by atoms with E-state index in [1.165, 1.54) is 5.56 Å². The highest BCUT2D eigenvalue weighted by molar-refractivity contribution is 5.77. The van der Waals surface area contributed by atoms with Crippen molar-refractivity contribution in [1.82, 2.24) is 5.32 Å². The first-order valence-electron chi connectivity index (χ1n) is 6.54. The fourth-order valence-corrected chi connectivity index (χ4v) is 1.79. The van der Waals surface area contributed by atoms with E-state index >= 15 is 0 Å². The fourth-order valence-electron chi connectivity index (χ4n) is 1.79. The molecule has 1 amide bonds. The molecule has 0 heterocycles. The highest BCUT2D eigenvalue weighted by Gasteiger charge is 2.15. The molecule has 1 aromatic rings. The van der Waals surface area contributed by atoms with Gasteiger partial charge in [-0.15, -0.1) is 0 Å². The Morgan fingerprint density at radius 3 is 2.28 bits per heavy atom. The lowest BCUT2D eigenvalue weighted by Gasteiger charge is -2.17. The van der Waals surface area contributed by atoms with Crippen LogP contribution in [0, 0.1) is 0 Å². The molecular weight excluding hydrogens is 224 g/mol. The van der Waals surface area contributed by atoms with E-state index in [0.29, 0.717) is 13.0 Å². The van der Waals surface area contributed by atoms with E-state index in [4.69, 9.17) is 5.73 Å². The number of carbonyl (C=O) groups excluding carboxylic acids is 1. The van der Waals surface area contributed by atoms with E-state index in [-0.39, 0.29) is 5.91 Å². The predicted molar refractivity (Wildman–Crippen MR) is 75.2 cm³/mol. The molecule has 0 fully saturated rings. The number of nitrogens with two attached hydrogens (primary N) is 1. The lowest BCUT2D eigenvalue weighted by atomic mass is 10.0. The third kappa shape index (κ3) is 5.82. The van der Waals surface area contributed by atoms with Gasteiger partial charge >= 0.3 is 0 Å². The summed E-state index contributed by atoms with van der Waals surface area (Å²) in [5.74, 6) is 0.000125. The van der Waals surface area contributed by atoms with Crippen LogP contribution in [0.5, 0.6) is 0 Å². The molecule has 0 saturated heterocycles. The summed E-state index contributed by atoms with van der Waals surface area (Å²) >= 11 is 0. The maximum atomic E-state index is 11.6. The van der Waals surface area contributed by atoms with Gasteiger partial charge in [0.15, 0.2) is 0 Å². The molecule has 0 spiro atoms. The smallest absolute Gasteiger partial charge is 0.222 e. The number of hydrogen-bond donors (Lipinski definition) is 2. The SMILES string of the molecule is CCCc1ccc(CNC(=O)CC(C)(C)N)cc1. The van der Waals surface area contributed by atoms with Gasteiger partial charge in [-0.1, -0.05) is 37.6 Å². The second-order valence-corrected chi connectivity index (χ2v) is 5.51. The maximum absolute atomic E-state index is 11.6. The third-order valence-electron chi connectivity index (χ3n) is 2.67. The number of carbonyl (C=O) groups is 1. The van der Waals surface area contributed by atoms with Crippen molar-refractivity contribution in [2.24, 2.45) is 5.73 Å². The summed E-state index contributed by atoms with van der Waals surface area (Å²) in [6.45, 7) is 6.45. The number of amides is 1. The molecule has 3 N–H and O–H groups in total. The van der Waals surface area contributed by atoms with Crippen LogP contribution in [0.1, 0.15) is 44.7 Å². The molecule has 3 nitrogen and oxygen atoms in total. The molecule has 3 heteroatoms. The minimum absolute atomic E-state index is 0.000125. The molecule has 0 atom stereocenters. The van der Waals surface area contributed by atoms with Crippen molar-refractivity contribution in [2.75, 3.05) is 0 Å². The first-order valence-corrected chi connectivity index (χ1v) is 6.54. The summed E-state index contributed by atoms with van der Waals surface area (Å²) in [6, 6.07) is 8.38. The average molecular weight is 248 g/mol. The van der Waals surface area contributed by atoms with Gasteiger partial charge in [0, 0.05) is 18.5 Å². The first-order chi connectivity index (χ1) is 8.40. The molecule has 18 heavy (non-hydrogen) atoms. The van der Waals surface area contributed by atoms with Crippen LogP contribution in [0.4, 0.5) is 0 Å². The quantitative estimate of drug-likeness (QED) is 0.812. The van der Waals surface area contributed by atoms with Gasteiger partial charge in [-0.2, -0.15) is 0 Å². The summed E-state index contributed by atoms with van der Waals surface area (Å²) in [5.41, 5.74) is 7.81. The predicted octanol–water partition coefficient (Wildman–Crippen LogP) is 2.38. The highest BCUT2D eigenvalue weighted by Crippen LogP contribution is 2.07. The van der Waals surface area contributed by atoms with Crippen molar-refractivity contribution in [1.29, 1.82) is 0 Å². The minimum atomic E-state index is -0.449. The fraction of sp³-hybridized carbons (Fsp3) is 0.533. The van der Waals surface area contributed by atoms with Crippen molar-refractivity contribution in [3.8, 4) is 0 Å². The van der Waals surface area contributed by atoms with Crippen molar-refractivity contribution >= 4 is 5.91 Å². The summed E-state index contributed by atoms with van der Waals surface area (Å²) in [7, 11) is 0. The standard InChI is InChI=1S/C15H24N2O/c1-4-5-12-6-8-13(9-7-12)11-17-14(18)10-15(2,3)16/h6-9H,4-5,10-11,16H2,1-3H3,(H,17,18). The molecule has 0 bridgehead atoms. The van der Waals surface area contributed by atoms with Crippen LogP contribution in [0.3, 0.4) is 0 Å². The Labute approximate surface area is 110 Å². The molecule has 0 aliphatic rings. The van der Waals surface area contributed by atoms with Gasteiger partial charge in [0.2, 0.25) is 5.91 Å². The van der Waals surface area contributed by atoms with Gasteiger partial charge in [-0.25, -0.2) is 0 Å². The number of nitrogens with one attached hydrogen (secondary N) is 1. The van der Waals surface area contributed by atoms with Gasteiger partial charge in [0.05, 0.1) is 0 Å². The number of benzene rings is 1. The van der Waals surface area contributed by atoms with Crippen LogP contribution in [0.25, 0.3) is 0 Å². The average Bonchev–Trinajstić information content (AvgIpc) is 2.26. The van der Waals surface area contributed by atoms with Crippen LogP contribution in [0.2, 0.25) is 0 Å². The molecule has 1 rings (SSSR count). The van der Waals surface area contributed by atoms with Gasteiger partial charge in [-0.05, 0) is 31.4 Å².